The van der Waals surface area contributed by atoms with Gasteiger partial charge in [-0.15, -0.1) is 10.2 Å². The van der Waals surface area contributed by atoms with Gasteiger partial charge in [0, 0.05) is 10.8 Å². The SMILES string of the molecule is Cc1ccc(Cl)cc1-n1c(SCc2ccc(F)cc2)nnc1C(Cc1ccccc1)NC(=O)COc1ccccc1. The van der Waals surface area contributed by atoms with Crippen molar-refractivity contribution in [3.8, 4) is 11.4 Å². The molecule has 0 saturated heterocycles. The Kier molecular flexibility index (Phi) is 9.33. The minimum atomic E-state index is -0.518. The zero-order valence-electron chi connectivity index (χ0n) is 22.3. The average Bonchev–Trinajstić information content (AvgIpc) is 3.41. The molecule has 9 heteroatoms. The standard InChI is InChI=1S/C32H28ClFN4O2S/c1-22-12-15-25(33)19-29(22)38-31(36-37-32(38)41-21-24-13-16-26(34)17-14-24)28(18-23-8-4-2-5-9-23)35-30(39)20-40-27-10-6-3-7-11-27/h2-17,19,28H,18,20-21H2,1H3,(H,35,39). The number of carbonyl (C=O) groups is 1. The maximum absolute atomic E-state index is 13.5. The van der Waals surface area contributed by atoms with Crippen molar-refractivity contribution >= 4 is 29.3 Å². The van der Waals surface area contributed by atoms with Gasteiger partial charge in [0.05, 0.1) is 11.7 Å². The number of rotatable bonds is 11. The summed E-state index contributed by atoms with van der Waals surface area (Å²) in [6.07, 6.45) is 0.484. The molecule has 0 radical (unpaired) electrons. The lowest BCUT2D eigenvalue weighted by Gasteiger charge is -2.21. The second kappa shape index (κ2) is 13.5. The molecular formula is C32H28ClFN4O2S. The minimum Gasteiger partial charge on any atom is -0.484 e. The van der Waals surface area contributed by atoms with Gasteiger partial charge in [0.25, 0.3) is 5.91 Å². The highest BCUT2D eigenvalue weighted by Crippen LogP contribution is 2.31. The smallest absolute Gasteiger partial charge is 0.258 e. The number of nitrogens with one attached hydrogen (secondary N) is 1. The van der Waals surface area contributed by atoms with E-state index in [4.69, 9.17) is 16.3 Å². The molecule has 0 bridgehead atoms. The van der Waals surface area contributed by atoms with Gasteiger partial charge in [0.2, 0.25) is 0 Å². The van der Waals surface area contributed by atoms with E-state index < -0.39 is 6.04 Å². The summed E-state index contributed by atoms with van der Waals surface area (Å²) in [5.74, 6) is 1.16. The molecule has 4 aromatic carbocycles. The third kappa shape index (κ3) is 7.54. The first-order valence-corrected chi connectivity index (χ1v) is 14.4. The fraction of sp³-hybridized carbons (Fsp3) is 0.156. The Morgan fingerprint density at radius 1 is 0.951 bits per heavy atom. The predicted molar refractivity (Wildman–Crippen MR) is 160 cm³/mol. The first-order valence-electron chi connectivity index (χ1n) is 13.1. The maximum atomic E-state index is 13.5. The van der Waals surface area contributed by atoms with Gasteiger partial charge < -0.3 is 10.1 Å². The number of hydrogen-bond donors (Lipinski definition) is 1. The molecule has 6 nitrogen and oxygen atoms in total. The van der Waals surface area contributed by atoms with E-state index in [1.54, 1.807) is 24.3 Å². The minimum absolute atomic E-state index is 0.147. The zero-order chi connectivity index (χ0) is 28.6. The van der Waals surface area contributed by atoms with Crippen molar-refractivity contribution in [2.45, 2.75) is 30.3 Å². The lowest BCUT2D eigenvalue weighted by molar-refractivity contribution is -0.123. The van der Waals surface area contributed by atoms with Gasteiger partial charge in [0.15, 0.2) is 17.6 Å². The number of ether oxygens (including phenoxy) is 1. The molecule has 1 N–H and O–H groups in total. The Bertz CT molecular complexity index is 1600. The molecule has 1 amide bonds. The van der Waals surface area contributed by atoms with Gasteiger partial charge in [-0.25, -0.2) is 4.39 Å². The van der Waals surface area contributed by atoms with Crippen molar-refractivity contribution in [3.63, 3.8) is 0 Å². The van der Waals surface area contributed by atoms with Crippen molar-refractivity contribution in [1.82, 2.24) is 20.1 Å². The molecule has 1 heterocycles. The number of aryl methyl sites for hydroxylation is 1. The number of nitrogens with zero attached hydrogens (tertiary/aromatic N) is 3. The van der Waals surface area contributed by atoms with E-state index >= 15 is 0 Å². The Labute approximate surface area is 247 Å². The normalized spacial score (nSPS) is 11.7. The van der Waals surface area contributed by atoms with Crippen LogP contribution in [0.15, 0.2) is 108 Å². The van der Waals surface area contributed by atoms with Crippen molar-refractivity contribution < 1.29 is 13.9 Å². The van der Waals surface area contributed by atoms with Gasteiger partial charge in [-0.1, -0.05) is 90.1 Å². The van der Waals surface area contributed by atoms with Crippen LogP contribution in [0.1, 0.15) is 28.6 Å². The van der Waals surface area contributed by atoms with Gasteiger partial charge in [-0.2, -0.15) is 0 Å². The highest BCUT2D eigenvalue weighted by atomic mass is 35.5. The van der Waals surface area contributed by atoms with Crippen molar-refractivity contribution in [1.29, 1.82) is 0 Å². The first-order chi connectivity index (χ1) is 20.0. The summed E-state index contributed by atoms with van der Waals surface area (Å²) in [7, 11) is 0. The van der Waals surface area contributed by atoms with Gasteiger partial charge >= 0.3 is 0 Å². The van der Waals surface area contributed by atoms with Gasteiger partial charge in [-0.05, 0) is 66.4 Å². The molecule has 0 aliphatic carbocycles. The molecule has 208 valence electrons. The number of hydrogen-bond acceptors (Lipinski definition) is 5. The summed E-state index contributed by atoms with van der Waals surface area (Å²) in [5, 5.41) is 13.4. The molecule has 1 atom stereocenters. The van der Waals surface area contributed by atoms with Crippen LogP contribution in [0.3, 0.4) is 0 Å². The van der Waals surface area contributed by atoms with Crippen LogP contribution >= 0.6 is 23.4 Å². The molecule has 5 rings (SSSR count). The van der Waals surface area contributed by atoms with Crippen molar-refractivity contribution in [3.05, 3.63) is 136 Å². The molecule has 0 aliphatic heterocycles. The topological polar surface area (TPSA) is 69.0 Å². The fourth-order valence-corrected chi connectivity index (χ4v) is 5.41. The number of amides is 1. The van der Waals surface area contributed by atoms with E-state index in [0.717, 1.165) is 22.4 Å². The molecule has 0 saturated carbocycles. The summed E-state index contributed by atoms with van der Waals surface area (Å²) >= 11 is 7.91. The monoisotopic (exact) mass is 586 g/mol. The zero-order valence-corrected chi connectivity index (χ0v) is 23.9. The van der Waals surface area contributed by atoms with Crippen LogP contribution in [-0.2, 0) is 17.0 Å². The molecule has 1 unspecified atom stereocenters. The molecule has 41 heavy (non-hydrogen) atoms. The Hall–Kier alpha value is -4.14. The fourth-order valence-electron chi connectivity index (χ4n) is 4.34. The van der Waals surface area contributed by atoms with Crippen LogP contribution in [0.2, 0.25) is 5.02 Å². The van der Waals surface area contributed by atoms with E-state index in [9.17, 15) is 9.18 Å². The van der Waals surface area contributed by atoms with Gasteiger partial charge in [-0.3, -0.25) is 9.36 Å². The predicted octanol–water partition coefficient (Wildman–Crippen LogP) is 7.14. The van der Waals surface area contributed by atoms with E-state index in [-0.39, 0.29) is 18.3 Å². The summed E-state index contributed by atoms with van der Waals surface area (Å²) in [6, 6.07) is 30.6. The van der Waals surface area contributed by atoms with Crippen LogP contribution in [0.4, 0.5) is 4.39 Å². The van der Waals surface area contributed by atoms with Gasteiger partial charge in [0.1, 0.15) is 11.6 Å². The third-order valence-corrected chi connectivity index (χ3v) is 7.63. The Morgan fingerprint density at radius 3 is 2.39 bits per heavy atom. The second-order valence-corrected chi connectivity index (χ2v) is 10.8. The summed E-state index contributed by atoms with van der Waals surface area (Å²) in [4.78, 5) is 13.2. The van der Waals surface area contributed by atoms with Crippen LogP contribution in [0.25, 0.3) is 5.69 Å². The second-order valence-electron chi connectivity index (χ2n) is 9.43. The third-order valence-electron chi connectivity index (χ3n) is 6.39. The first kappa shape index (κ1) is 28.4. The lowest BCUT2D eigenvalue weighted by atomic mass is 10.0. The molecule has 5 aromatic rings. The van der Waals surface area contributed by atoms with Crippen LogP contribution in [-0.4, -0.2) is 27.3 Å². The number of benzene rings is 4. The molecule has 1 aromatic heterocycles. The van der Waals surface area contributed by atoms with Crippen molar-refractivity contribution in [2.75, 3.05) is 6.61 Å². The van der Waals surface area contributed by atoms with E-state index in [1.807, 2.05) is 78.2 Å². The van der Waals surface area contributed by atoms with Crippen LogP contribution in [0, 0.1) is 12.7 Å². The Balaban J connectivity index is 1.49. The maximum Gasteiger partial charge on any atom is 0.258 e. The molecule has 0 fully saturated rings. The summed E-state index contributed by atoms with van der Waals surface area (Å²) in [5.41, 5.74) is 3.76. The largest absolute Gasteiger partial charge is 0.484 e. The number of thioether (sulfide) groups is 1. The number of aromatic nitrogens is 3. The molecule has 0 spiro atoms. The highest BCUT2D eigenvalue weighted by molar-refractivity contribution is 7.98. The summed E-state index contributed by atoms with van der Waals surface area (Å²) in [6.45, 7) is 1.84. The van der Waals surface area contributed by atoms with Crippen molar-refractivity contribution in [2.24, 2.45) is 0 Å². The molecular weight excluding hydrogens is 559 g/mol. The number of para-hydroxylation sites is 1. The number of carbonyl (C=O) groups excluding carboxylic acids is 1. The van der Waals surface area contributed by atoms with Crippen LogP contribution < -0.4 is 10.1 Å². The van der Waals surface area contributed by atoms with Crippen LogP contribution in [0.5, 0.6) is 5.75 Å². The number of halogens is 2. The average molecular weight is 587 g/mol. The van der Waals surface area contributed by atoms with E-state index in [2.05, 4.69) is 15.5 Å². The lowest BCUT2D eigenvalue weighted by Crippen LogP contribution is -2.35. The quantitative estimate of drug-likeness (QED) is 0.167. The molecule has 0 aliphatic rings. The summed E-state index contributed by atoms with van der Waals surface area (Å²) < 4.78 is 21.1. The Morgan fingerprint density at radius 2 is 1.66 bits per heavy atom. The van der Waals surface area contributed by atoms with E-state index in [0.29, 0.717) is 33.9 Å². The van der Waals surface area contributed by atoms with E-state index in [1.165, 1.54) is 23.9 Å². The highest BCUT2D eigenvalue weighted by Gasteiger charge is 2.26.